The molecule has 0 aliphatic carbocycles. The standard InChI is InChI=1S/C19H29ClN2O.Y/c1-5-9-17(22(6-2)10-7-8-11-22)19(23)21-18-14(3)12-16(20)13-15(18)4;/h12-13,17H,5-11H2,1-4H3;/p+1. The summed E-state index contributed by atoms with van der Waals surface area (Å²) >= 11 is 6.10. The molecule has 1 aromatic carbocycles. The zero-order valence-corrected chi connectivity index (χ0v) is 19.1. The summed E-state index contributed by atoms with van der Waals surface area (Å²) < 4.78 is 0.950. The molecule has 1 heterocycles. The Labute approximate surface area is 177 Å². The minimum absolute atomic E-state index is 0. The molecule has 1 aliphatic heterocycles. The zero-order valence-electron chi connectivity index (χ0n) is 15.5. The van der Waals surface area contributed by atoms with Gasteiger partial charge in [-0.05, 0) is 50.5 Å². The van der Waals surface area contributed by atoms with E-state index in [-0.39, 0.29) is 44.7 Å². The van der Waals surface area contributed by atoms with Crippen molar-refractivity contribution in [2.24, 2.45) is 0 Å². The topological polar surface area (TPSA) is 29.1 Å². The molecule has 1 fully saturated rings. The van der Waals surface area contributed by atoms with E-state index >= 15 is 0 Å². The smallest absolute Gasteiger partial charge is 0.282 e. The number of anilines is 1. The Bertz CT molecular complexity index is 547. The first-order valence-electron chi connectivity index (χ1n) is 8.87. The van der Waals surface area contributed by atoms with Crippen molar-refractivity contribution in [1.29, 1.82) is 0 Å². The van der Waals surface area contributed by atoms with Crippen LogP contribution in [0.2, 0.25) is 5.02 Å². The first kappa shape index (κ1) is 22.1. The van der Waals surface area contributed by atoms with Gasteiger partial charge in [-0.15, -0.1) is 0 Å². The number of quaternary nitrogens is 1. The Morgan fingerprint density at radius 3 is 2.21 bits per heavy atom. The van der Waals surface area contributed by atoms with Crippen LogP contribution in [0.15, 0.2) is 12.1 Å². The van der Waals surface area contributed by atoms with Crippen LogP contribution in [0.5, 0.6) is 0 Å². The number of likely N-dealkylation sites (N-methyl/N-ethyl adjacent to an activating group) is 1. The molecule has 1 atom stereocenters. The number of nitrogens with one attached hydrogen (secondary N) is 1. The van der Waals surface area contributed by atoms with Crippen LogP contribution in [0.1, 0.15) is 50.7 Å². The van der Waals surface area contributed by atoms with Gasteiger partial charge in [0.15, 0.2) is 6.04 Å². The molecule has 0 spiro atoms. The Morgan fingerprint density at radius 1 is 1.21 bits per heavy atom. The number of halogens is 1. The van der Waals surface area contributed by atoms with E-state index in [1.165, 1.54) is 12.8 Å². The second-order valence-corrected chi connectivity index (χ2v) is 7.33. The number of hydrogen-bond acceptors (Lipinski definition) is 1. The molecule has 24 heavy (non-hydrogen) atoms. The monoisotopic (exact) mass is 426 g/mol. The Morgan fingerprint density at radius 2 is 1.75 bits per heavy atom. The summed E-state index contributed by atoms with van der Waals surface area (Å²) in [5.41, 5.74) is 2.99. The van der Waals surface area contributed by atoms with Crippen molar-refractivity contribution in [3.05, 3.63) is 28.3 Å². The van der Waals surface area contributed by atoms with E-state index in [0.29, 0.717) is 0 Å². The largest absolute Gasteiger partial charge is 0.320 e. The summed E-state index contributed by atoms with van der Waals surface area (Å²) in [6.45, 7) is 11.7. The van der Waals surface area contributed by atoms with Gasteiger partial charge < -0.3 is 9.80 Å². The Hall–Kier alpha value is 0.0439. The first-order chi connectivity index (χ1) is 10.9. The summed E-state index contributed by atoms with van der Waals surface area (Å²) in [5.74, 6) is 0.170. The minimum atomic E-state index is 0. The van der Waals surface area contributed by atoms with Crippen molar-refractivity contribution in [2.45, 2.75) is 59.4 Å². The molecule has 0 aromatic heterocycles. The molecule has 1 N–H and O–H groups in total. The van der Waals surface area contributed by atoms with Crippen LogP contribution >= 0.6 is 11.6 Å². The van der Waals surface area contributed by atoms with Gasteiger partial charge in [-0.25, -0.2) is 0 Å². The molecule has 0 bridgehead atoms. The van der Waals surface area contributed by atoms with Crippen LogP contribution in [-0.2, 0) is 37.5 Å². The van der Waals surface area contributed by atoms with E-state index in [9.17, 15) is 4.79 Å². The number of carbonyl (C=O) groups is 1. The van der Waals surface area contributed by atoms with Crippen molar-refractivity contribution in [3.8, 4) is 0 Å². The first-order valence-corrected chi connectivity index (χ1v) is 9.24. The van der Waals surface area contributed by atoms with Crippen LogP contribution in [0.3, 0.4) is 0 Å². The van der Waals surface area contributed by atoms with E-state index in [1.807, 2.05) is 26.0 Å². The Balaban J connectivity index is 0.00000288. The van der Waals surface area contributed by atoms with Gasteiger partial charge in [0.05, 0.1) is 19.6 Å². The van der Waals surface area contributed by atoms with E-state index in [2.05, 4.69) is 19.2 Å². The maximum Gasteiger partial charge on any atom is 0.282 e. The fourth-order valence-corrected chi connectivity index (χ4v) is 4.38. The van der Waals surface area contributed by atoms with E-state index < -0.39 is 0 Å². The molecule has 3 nitrogen and oxygen atoms in total. The third kappa shape index (κ3) is 4.81. The van der Waals surface area contributed by atoms with Gasteiger partial charge in [-0.2, -0.15) is 0 Å². The third-order valence-corrected chi connectivity index (χ3v) is 5.58. The van der Waals surface area contributed by atoms with Crippen molar-refractivity contribution < 1.29 is 42.0 Å². The van der Waals surface area contributed by atoms with Crippen molar-refractivity contribution in [1.82, 2.24) is 0 Å². The average Bonchev–Trinajstić information content (AvgIpc) is 2.98. The second kappa shape index (κ2) is 9.66. The van der Waals surface area contributed by atoms with Crippen LogP contribution in [0.25, 0.3) is 0 Å². The number of nitrogens with zero attached hydrogens (tertiary/aromatic N) is 1. The molecule has 1 amide bonds. The number of likely N-dealkylation sites (tertiary alicyclic amines) is 1. The van der Waals surface area contributed by atoms with Crippen LogP contribution in [0, 0.1) is 13.8 Å². The zero-order chi connectivity index (χ0) is 17.0. The van der Waals surface area contributed by atoms with Gasteiger partial charge in [-0.3, -0.25) is 4.79 Å². The fraction of sp³-hybridized carbons (Fsp3) is 0.632. The third-order valence-electron chi connectivity index (χ3n) is 5.36. The van der Waals surface area contributed by atoms with Gasteiger partial charge in [0.25, 0.3) is 5.91 Å². The molecule has 2 rings (SSSR count). The molecule has 1 aliphatic rings. The molecular formula is C19H30ClN2OY+. The number of benzene rings is 1. The molecule has 0 saturated carbocycles. The number of aryl methyl sites for hydroxylation is 2. The van der Waals surface area contributed by atoms with Gasteiger partial charge in [-0.1, -0.05) is 18.5 Å². The van der Waals surface area contributed by atoms with E-state index in [0.717, 1.165) is 58.8 Å². The van der Waals surface area contributed by atoms with Crippen LogP contribution in [-0.4, -0.2) is 36.1 Å². The predicted molar refractivity (Wildman–Crippen MR) is 98.0 cm³/mol. The molecule has 5 heteroatoms. The Kier molecular flexibility index (Phi) is 8.89. The summed E-state index contributed by atoms with van der Waals surface area (Å²) in [6, 6.07) is 3.89. The van der Waals surface area contributed by atoms with Crippen molar-refractivity contribution in [3.63, 3.8) is 0 Å². The molecule has 131 valence electrons. The van der Waals surface area contributed by atoms with Gasteiger partial charge >= 0.3 is 0 Å². The number of rotatable bonds is 6. The second-order valence-electron chi connectivity index (χ2n) is 6.90. The number of carbonyl (C=O) groups excluding carboxylic acids is 1. The average molecular weight is 427 g/mol. The van der Waals surface area contributed by atoms with E-state index in [4.69, 9.17) is 11.6 Å². The van der Waals surface area contributed by atoms with Crippen LogP contribution < -0.4 is 5.32 Å². The summed E-state index contributed by atoms with van der Waals surface area (Å²) in [6.07, 6.45) is 4.46. The number of amides is 1. The number of hydrogen-bond donors (Lipinski definition) is 1. The normalized spacial score (nSPS) is 17.2. The summed E-state index contributed by atoms with van der Waals surface area (Å²) in [7, 11) is 0. The van der Waals surface area contributed by atoms with Crippen molar-refractivity contribution >= 4 is 23.2 Å². The summed E-state index contributed by atoms with van der Waals surface area (Å²) in [5, 5.41) is 3.94. The molecule has 1 saturated heterocycles. The fourth-order valence-electron chi connectivity index (χ4n) is 4.05. The maximum atomic E-state index is 13.1. The summed E-state index contributed by atoms with van der Waals surface area (Å²) in [4.78, 5) is 13.1. The van der Waals surface area contributed by atoms with Crippen LogP contribution in [0.4, 0.5) is 5.69 Å². The maximum absolute atomic E-state index is 13.1. The molecule has 1 unspecified atom stereocenters. The van der Waals surface area contributed by atoms with Gasteiger partial charge in [0, 0.05) is 62.7 Å². The minimum Gasteiger partial charge on any atom is -0.320 e. The quantitative estimate of drug-likeness (QED) is 0.657. The molecule has 1 radical (unpaired) electrons. The van der Waals surface area contributed by atoms with Gasteiger partial charge in [0.2, 0.25) is 0 Å². The molecule has 1 aromatic rings. The van der Waals surface area contributed by atoms with Crippen molar-refractivity contribution in [2.75, 3.05) is 25.0 Å². The van der Waals surface area contributed by atoms with Gasteiger partial charge in [0.1, 0.15) is 0 Å². The SMILES string of the molecule is CCCC(C(=O)Nc1c(C)cc(Cl)cc1C)[N+]1(CC)CCCC1.[Y]. The predicted octanol–water partition coefficient (Wildman–Crippen LogP) is 4.69. The molecular weight excluding hydrogens is 397 g/mol. The van der Waals surface area contributed by atoms with E-state index in [1.54, 1.807) is 0 Å².